The number of hydrogen-bond acceptors (Lipinski definition) is 7. The van der Waals surface area contributed by atoms with Crippen LogP contribution < -0.4 is 10.6 Å². The summed E-state index contributed by atoms with van der Waals surface area (Å²) in [4.78, 5) is 64.7. The second kappa shape index (κ2) is 9.82. The maximum absolute atomic E-state index is 13.1. The minimum Gasteiger partial charge on any atom is -0.465 e. The van der Waals surface area contributed by atoms with Gasteiger partial charge in [-0.15, -0.1) is 0 Å². The average molecular weight is 472 g/mol. The molecule has 3 amide bonds. The highest BCUT2D eigenvalue weighted by Crippen LogP contribution is 2.37. The molecule has 182 valence electrons. The van der Waals surface area contributed by atoms with Gasteiger partial charge in [0, 0.05) is 17.6 Å². The van der Waals surface area contributed by atoms with Gasteiger partial charge >= 0.3 is 11.9 Å². The number of hydrogen-bond donors (Lipinski definition) is 2. The summed E-state index contributed by atoms with van der Waals surface area (Å²) < 4.78 is 9.44. The lowest BCUT2D eigenvalue weighted by molar-refractivity contribution is -0.152. The Morgan fingerprint density at radius 2 is 1.59 bits per heavy atom. The van der Waals surface area contributed by atoms with Gasteiger partial charge in [0.25, 0.3) is 0 Å². The fraction of sp³-hybridized carbons (Fsp3) is 0.542. The number of carbonyl (C=O) groups excluding carboxylic acids is 5. The summed E-state index contributed by atoms with van der Waals surface area (Å²) in [7, 11) is 2.41. The molecule has 0 spiro atoms. The number of ether oxygens (including phenoxy) is 2. The third kappa shape index (κ3) is 4.90. The second-order valence-electron chi connectivity index (χ2n) is 9.04. The van der Waals surface area contributed by atoms with Gasteiger partial charge in [-0.2, -0.15) is 0 Å². The first-order chi connectivity index (χ1) is 16.3. The zero-order chi connectivity index (χ0) is 24.4. The van der Waals surface area contributed by atoms with Crippen molar-refractivity contribution in [1.29, 1.82) is 0 Å². The number of anilines is 1. The van der Waals surface area contributed by atoms with Gasteiger partial charge in [-0.3, -0.25) is 14.4 Å². The molecule has 2 saturated carbocycles. The van der Waals surface area contributed by atoms with Crippen molar-refractivity contribution in [3.63, 3.8) is 0 Å². The van der Waals surface area contributed by atoms with Gasteiger partial charge in [0.2, 0.25) is 17.7 Å². The molecule has 3 aliphatic rings. The van der Waals surface area contributed by atoms with Crippen LogP contribution in [-0.4, -0.2) is 66.9 Å². The summed E-state index contributed by atoms with van der Waals surface area (Å²) in [6.45, 7) is 0. The fourth-order valence-corrected chi connectivity index (χ4v) is 4.86. The van der Waals surface area contributed by atoms with E-state index in [-0.39, 0.29) is 53.1 Å². The molecule has 0 aromatic heterocycles. The van der Waals surface area contributed by atoms with Gasteiger partial charge in [-0.1, -0.05) is 12.8 Å². The van der Waals surface area contributed by atoms with Gasteiger partial charge in [0.15, 0.2) is 0 Å². The Morgan fingerprint density at radius 3 is 2.18 bits per heavy atom. The third-order valence-electron chi connectivity index (χ3n) is 6.67. The number of esters is 2. The summed E-state index contributed by atoms with van der Waals surface area (Å²) in [5.41, 5.74) is 0.304. The van der Waals surface area contributed by atoms with Crippen LogP contribution >= 0.6 is 0 Å². The van der Waals surface area contributed by atoms with Crippen molar-refractivity contribution in [2.45, 2.75) is 63.1 Å². The van der Waals surface area contributed by atoms with Crippen LogP contribution in [0.25, 0.3) is 0 Å². The number of rotatable bonds is 6. The standard InChI is InChI=1S/C24H29N3O7/c1-33-23(31)14-9-15(24(32)34-2)11-16(10-14)25-20(28)12-19-21(29)26-17-5-3-4-6-18(17)27(19)22(30)13-7-8-13/h9-11,13,17-19H,3-8,12H2,1-2H3,(H,25,28)(H,26,29)/t17-,18+,19+/m0/s1. The summed E-state index contributed by atoms with van der Waals surface area (Å²) in [6, 6.07) is 2.97. The molecule has 10 heteroatoms. The van der Waals surface area contributed by atoms with E-state index in [1.165, 1.54) is 32.4 Å². The molecule has 34 heavy (non-hydrogen) atoms. The number of nitrogens with zero attached hydrogens (tertiary/aromatic N) is 1. The topological polar surface area (TPSA) is 131 Å². The van der Waals surface area contributed by atoms with Crippen LogP contribution in [0.2, 0.25) is 0 Å². The molecule has 0 unspecified atom stereocenters. The molecule has 2 aliphatic carbocycles. The largest absolute Gasteiger partial charge is 0.465 e. The Morgan fingerprint density at radius 1 is 0.971 bits per heavy atom. The molecule has 0 radical (unpaired) electrons. The Kier molecular flexibility index (Phi) is 6.85. The zero-order valence-corrected chi connectivity index (χ0v) is 19.3. The molecule has 1 aromatic carbocycles. The van der Waals surface area contributed by atoms with Gasteiger partial charge < -0.3 is 25.0 Å². The van der Waals surface area contributed by atoms with Crippen LogP contribution in [0.1, 0.15) is 65.7 Å². The number of methoxy groups -OCH3 is 2. The van der Waals surface area contributed by atoms with Crippen LogP contribution in [0.15, 0.2) is 18.2 Å². The molecule has 1 saturated heterocycles. The number of fused-ring (bicyclic) bond motifs is 1. The van der Waals surface area contributed by atoms with Gasteiger partial charge in [0.1, 0.15) is 6.04 Å². The highest BCUT2D eigenvalue weighted by Gasteiger charge is 2.48. The maximum atomic E-state index is 13.1. The predicted octanol–water partition coefficient (Wildman–Crippen LogP) is 1.64. The Balaban J connectivity index is 1.55. The number of benzene rings is 1. The molecule has 1 aliphatic heterocycles. The van der Waals surface area contributed by atoms with Crippen LogP contribution in [0.4, 0.5) is 5.69 Å². The van der Waals surface area contributed by atoms with Crippen molar-refractivity contribution >= 4 is 35.3 Å². The third-order valence-corrected chi connectivity index (χ3v) is 6.67. The molecular weight excluding hydrogens is 442 g/mol. The SMILES string of the molecule is COC(=O)c1cc(NC(=O)C[C@@H]2C(=O)N[C@H]3CCCC[C@H]3N2C(=O)C2CC2)cc(C(=O)OC)c1. The van der Waals surface area contributed by atoms with E-state index in [9.17, 15) is 24.0 Å². The second-order valence-corrected chi connectivity index (χ2v) is 9.04. The number of carbonyl (C=O) groups is 5. The summed E-state index contributed by atoms with van der Waals surface area (Å²) in [5.74, 6) is -2.33. The molecule has 3 fully saturated rings. The van der Waals surface area contributed by atoms with E-state index in [1.807, 2.05) is 0 Å². The Bertz CT molecular complexity index is 986. The lowest BCUT2D eigenvalue weighted by Crippen LogP contribution is -2.68. The van der Waals surface area contributed by atoms with E-state index < -0.39 is 23.9 Å². The molecule has 10 nitrogen and oxygen atoms in total. The molecule has 0 bridgehead atoms. The normalized spacial score (nSPS) is 23.9. The molecule has 3 atom stereocenters. The van der Waals surface area contributed by atoms with Gasteiger partial charge in [-0.25, -0.2) is 9.59 Å². The monoisotopic (exact) mass is 471 g/mol. The van der Waals surface area contributed by atoms with E-state index in [4.69, 9.17) is 9.47 Å². The smallest absolute Gasteiger partial charge is 0.337 e. The molecule has 1 heterocycles. The number of nitrogens with one attached hydrogen (secondary N) is 2. The average Bonchev–Trinajstić information content (AvgIpc) is 3.68. The highest BCUT2D eigenvalue weighted by molar-refractivity contribution is 6.01. The van der Waals surface area contributed by atoms with Crippen LogP contribution in [-0.2, 0) is 23.9 Å². The van der Waals surface area contributed by atoms with E-state index >= 15 is 0 Å². The Hall–Kier alpha value is -3.43. The van der Waals surface area contributed by atoms with E-state index in [2.05, 4.69) is 10.6 Å². The first kappa shape index (κ1) is 23.7. The lowest BCUT2D eigenvalue weighted by Gasteiger charge is -2.48. The summed E-state index contributed by atoms with van der Waals surface area (Å²) >= 11 is 0. The Labute approximate surface area is 197 Å². The number of amides is 3. The minimum atomic E-state index is -0.906. The van der Waals surface area contributed by atoms with Crippen molar-refractivity contribution in [1.82, 2.24) is 10.2 Å². The van der Waals surface area contributed by atoms with Crippen molar-refractivity contribution in [3.05, 3.63) is 29.3 Å². The van der Waals surface area contributed by atoms with Crippen LogP contribution in [0, 0.1) is 5.92 Å². The molecule has 1 aromatic rings. The van der Waals surface area contributed by atoms with Crippen LogP contribution in [0.5, 0.6) is 0 Å². The minimum absolute atomic E-state index is 0.0507. The maximum Gasteiger partial charge on any atom is 0.337 e. The predicted molar refractivity (Wildman–Crippen MR) is 120 cm³/mol. The fourth-order valence-electron chi connectivity index (χ4n) is 4.86. The van der Waals surface area contributed by atoms with Gasteiger partial charge in [-0.05, 0) is 43.9 Å². The van der Waals surface area contributed by atoms with E-state index in [1.54, 1.807) is 4.90 Å². The van der Waals surface area contributed by atoms with E-state index in [0.29, 0.717) is 0 Å². The summed E-state index contributed by atoms with van der Waals surface area (Å²) in [5, 5.41) is 5.66. The van der Waals surface area contributed by atoms with Gasteiger partial charge in [0.05, 0.1) is 37.8 Å². The quantitative estimate of drug-likeness (QED) is 0.603. The van der Waals surface area contributed by atoms with Crippen molar-refractivity contribution < 1.29 is 33.4 Å². The van der Waals surface area contributed by atoms with Crippen molar-refractivity contribution in [3.8, 4) is 0 Å². The summed E-state index contributed by atoms with van der Waals surface area (Å²) in [6.07, 6.45) is 4.97. The first-order valence-corrected chi connectivity index (χ1v) is 11.6. The highest BCUT2D eigenvalue weighted by atomic mass is 16.5. The van der Waals surface area contributed by atoms with E-state index in [0.717, 1.165) is 38.5 Å². The number of piperazine rings is 1. The van der Waals surface area contributed by atoms with Crippen LogP contribution in [0.3, 0.4) is 0 Å². The molecular formula is C24H29N3O7. The zero-order valence-electron chi connectivity index (χ0n) is 19.3. The first-order valence-electron chi connectivity index (χ1n) is 11.6. The molecule has 2 N–H and O–H groups in total. The van der Waals surface area contributed by atoms with Crippen molar-refractivity contribution in [2.75, 3.05) is 19.5 Å². The van der Waals surface area contributed by atoms with Crippen molar-refractivity contribution in [2.24, 2.45) is 5.92 Å². The lowest BCUT2D eigenvalue weighted by atomic mass is 9.85. The molecule has 4 rings (SSSR count).